The Bertz CT molecular complexity index is 731. The molecule has 0 spiro atoms. The monoisotopic (exact) mass is 329 g/mol. The molecule has 0 fully saturated rings. The van der Waals surface area contributed by atoms with Crippen molar-refractivity contribution in [2.75, 3.05) is 7.05 Å². The van der Waals surface area contributed by atoms with Gasteiger partial charge in [0.05, 0.1) is 5.56 Å². The first-order chi connectivity index (χ1) is 11.5. The highest BCUT2D eigenvalue weighted by Gasteiger charge is 2.27. The van der Waals surface area contributed by atoms with Crippen molar-refractivity contribution < 1.29 is 23.9 Å². The van der Waals surface area contributed by atoms with Gasteiger partial charge in [0, 0.05) is 24.7 Å². The predicted molar refractivity (Wildman–Crippen MR) is 82.6 cm³/mol. The van der Waals surface area contributed by atoms with E-state index in [9.17, 15) is 19.6 Å². The van der Waals surface area contributed by atoms with E-state index >= 15 is 0 Å². The molecule has 0 aliphatic carbocycles. The second kappa shape index (κ2) is 7.73. The standard InChI is InChI=1S/C16H15N3O5/c1-17-16(22)18-14(20)13(11-5-3-2-4-6-11)24-15(21)12-7-9-19(23)10-8-12/h2-10,13H,1H3,(H2,17,18,20,22)/t13-/m0/s1. The van der Waals surface area contributed by atoms with Gasteiger partial charge in [0.15, 0.2) is 12.4 Å². The number of carbonyl (C=O) groups is 3. The third-order valence-electron chi connectivity index (χ3n) is 3.07. The summed E-state index contributed by atoms with van der Waals surface area (Å²) in [5, 5.41) is 15.3. The van der Waals surface area contributed by atoms with E-state index < -0.39 is 24.0 Å². The molecule has 0 aliphatic rings. The molecule has 2 rings (SSSR count). The molecule has 1 atom stereocenters. The van der Waals surface area contributed by atoms with Gasteiger partial charge in [-0.3, -0.25) is 10.1 Å². The van der Waals surface area contributed by atoms with Gasteiger partial charge in [0.2, 0.25) is 6.10 Å². The smallest absolute Gasteiger partial charge is 0.339 e. The quantitative estimate of drug-likeness (QED) is 0.486. The Labute approximate surface area is 137 Å². The topological polar surface area (TPSA) is 111 Å². The maximum atomic E-state index is 12.2. The summed E-state index contributed by atoms with van der Waals surface area (Å²) in [5.41, 5.74) is 0.512. The summed E-state index contributed by atoms with van der Waals surface area (Å²) >= 11 is 0. The lowest BCUT2D eigenvalue weighted by atomic mass is 10.1. The highest BCUT2D eigenvalue weighted by molar-refractivity contribution is 5.99. The summed E-state index contributed by atoms with van der Waals surface area (Å²) in [6.07, 6.45) is 0.966. The summed E-state index contributed by atoms with van der Waals surface area (Å²) in [5.74, 6) is -1.58. The molecule has 0 saturated carbocycles. The van der Waals surface area contributed by atoms with Crippen LogP contribution in [0.15, 0.2) is 54.9 Å². The fraction of sp³-hybridized carbons (Fsp3) is 0.125. The number of imide groups is 1. The van der Waals surface area contributed by atoms with Crippen LogP contribution in [0.2, 0.25) is 0 Å². The van der Waals surface area contributed by atoms with Crippen molar-refractivity contribution in [3.63, 3.8) is 0 Å². The molecule has 0 unspecified atom stereocenters. The number of hydrogen-bond donors (Lipinski definition) is 2. The van der Waals surface area contributed by atoms with Crippen molar-refractivity contribution in [1.29, 1.82) is 0 Å². The number of nitrogens with zero attached hydrogens (tertiary/aromatic N) is 1. The molecule has 24 heavy (non-hydrogen) atoms. The van der Waals surface area contributed by atoms with E-state index in [1.54, 1.807) is 30.3 Å². The van der Waals surface area contributed by atoms with Crippen LogP contribution in [0, 0.1) is 5.21 Å². The molecule has 0 bridgehead atoms. The van der Waals surface area contributed by atoms with E-state index in [0.717, 1.165) is 12.4 Å². The second-order valence-corrected chi connectivity index (χ2v) is 4.71. The van der Waals surface area contributed by atoms with Crippen LogP contribution in [-0.4, -0.2) is 25.0 Å². The van der Waals surface area contributed by atoms with Gasteiger partial charge in [0.1, 0.15) is 0 Å². The normalized spacial score (nSPS) is 11.2. The van der Waals surface area contributed by atoms with Gasteiger partial charge in [-0.25, -0.2) is 9.59 Å². The maximum absolute atomic E-state index is 12.2. The number of amides is 3. The molecule has 8 heteroatoms. The number of ether oxygens (including phenoxy) is 1. The van der Waals surface area contributed by atoms with Crippen LogP contribution in [0.5, 0.6) is 0 Å². The lowest BCUT2D eigenvalue weighted by molar-refractivity contribution is -0.605. The van der Waals surface area contributed by atoms with Crippen LogP contribution >= 0.6 is 0 Å². The third-order valence-corrected chi connectivity index (χ3v) is 3.07. The number of esters is 1. The summed E-state index contributed by atoms with van der Waals surface area (Å²) in [7, 11) is 1.36. The molecule has 2 aromatic rings. The van der Waals surface area contributed by atoms with Crippen molar-refractivity contribution in [2.45, 2.75) is 6.10 Å². The predicted octanol–water partition coefficient (Wildman–Crippen LogP) is 0.674. The molecule has 8 nitrogen and oxygen atoms in total. The highest BCUT2D eigenvalue weighted by Crippen LogP contribution is 2.19. The SMILES string of the molecule is CNC(=O)NC(=O)[C@@H](OC(=O)c1cc[n+]([O-])cc1)c1ccccc1. The van der Waals surface area contributed by atoms with Gasteiger partial charge in [0.25, 0.3) is 5.91 Å². The number of carbonyl (C=O) groups excluding carboxylic acids is 3. The summed E-state index contributed by atoms with van der Waals surface area (Å²) in [4.78, 5) is 35.7. The molecule has 2 N–H and O–H groups in total. The first-order valence-corrected chi connectivity index (χ1v) is 6.98. The Morgan fingerprint density at radius 3 is 2.29 bits per heavy atom. The lowest BCUT2D eigenvalue weighted by Gasteiger charge is -2.17. The number of pyridine rings is 1. The first kappa shape index (κ1) is 16.9. The molecule has 1 aromatic carbocycles. The zero-order chi connectivity index (χ0) is 17.5. The van der Waals surface area contributed by atoms with E-state index in [2.05, 4.69) is 10.6 Å². The highest BCUT2D eigenvalue weighted by atomic mass is 16.5. The minimum absolute atomic E-state index is 0.107. The Kier molecular flexibility index (Phi) is 5.45. The van der Waals surface area contributed by atoms with Crippen molar-refractivity contribution >= 4 is 17.9 Å². The Balaban J connectivity index is 2.22. The Morgan fingerprint density at radius 2 is 1.71 bits per heavy atom. The van der Waals surface area contributed by atoms with E-state index in [4.69, 9.17) is 4.74 Å². The van der Waals surface area contributed by atoms with E-state index in [0.29, 0.717) is 10.3 Å². The Hall–Kier alpha value is -3.42. The number of urea groups is 1. The van der Waals surface area contributed by atoms with Crippen LogP contribution < -0.4 is 15.4 Å². The molecule has 1 aromatic heterocycles. The minimum atomic E-state index is -1.31. The fourth-order valence-corrected chi connectivity index (χ4v) is 1.86. The van der Waals surface area contributed by atoms with E-state index in [1.807, 2.05) is 0 Å². The maximum Gasteiger partial charge on any atom is 0.339 e. The van der Waals surface area contributed by atoms with Crippen LogP contribution in [0.25, 0.3) is 0 Å². The average molecular weight is 329 g/mol. The van der Waals surface area contributed by atoms with Gasteiger partial charge in [-0.15, -0.1) is 0 Å². The molecule has 0 saturated heterocycles. The minimum Gasteiger partial charge on any atom is -0.619 e. The summed E-state index contributed by atoms with van der Waals surface area (Å²) in [6.45, 7) is 0. The van der Waals surface area contributed by atoms with Crippen LogP contribution in [0.4, 0.5) is 4.79 Å². The molecule has 1 heterocycles. The lowest BCUT2D eigenvalue weighted by Crippen LogP contribution is -2.41. The zero-order valence-electron chi connectivity index (χ0n) is 12.8. The van der Waals surface area contributed by atoms with Gasteiger partial charge in [-0.1, -0.05) is 30.3 Å². The van der Waals surface area contributed by atoms with Gasteiger partial charge in [-0.05, 0) is 0 Å². The van der Waals surface area contributed by atoms with Crippen molar-refractivity contribution in [3.8, 4) is 0 Å². The van der Waals surface area contributed by atoms with Crippen LogP contribution in [-0.2, 0) is 9.53 Å². The Morgan fingerprint density at radius 1 is 1.08 bits per heavy atom. The van der Waals surface area contributed by atoms with Crippen LogP contribution in [0.1, 0.15) is 22.0 Å². The molecule has 124 valence electrons. The molecule has 0 radical (unpaired) electrons. The molecular formula is C16H15N3O5. The van der Waals surface area contributed by atoms with Crippen molar-refractivity contribution in [3.05, 3.63) is 71.2 Å². The van der Waals surface area contributed by atoms with Gasteiger partial charge >= 0.3 is 12.0 Å². The average Bonchev–Trinajstić information content (AvgIpc) is 2.60. The van der Waals surface area contributed by atoms with E-state index in [1.165, 1.54) is 19.2 Å². The largest absolute Gasteiger partial charge is 0.619 e. The summed E-state index contributed by atoms with van der Waals surface area (Å²) < 4.78 is 5.74. The number of rotatable bonds is 4. The van der Waals surface area contributed by atoms with Crippen molar-refractivity contribution in [1.82, 2.24) is 10.6 Å². The number of hydrogen-bond acceptors (Lipinski definition) is 5. The number of benzene rings is 1. The molecule has 0 aliphatic heterocycles. The number of aromatic nitrogens is 1. The van der Waals surface area contributed by atoms with Gasteiger partial charge in [-0.2, -0.15) is 4.73 Å². The third kappa shape index (κ3) is 4.29. The first-order valence-electron chi connectivity index (χ1n) is 6.98. The second-order valence-electron chi connectivity index (χ2n) is 4.71. The van der Waals surface area contributed by atoms with E-state index in [-0.39, 0.29) is 5.56 Å². The van der Waals surface area contributed by atoms with Gasteiger partial charge < -0.3 is 15.3 Å². The fourth-order valence-electron chi connectivity index (χ4n) is 1.86. The number of nitrogens with one attached hydrogen (secondary N) is 2. The molecular weight excluding hydrogens is 314 g/mol. The molecule has 3 amide bonds. The van der Waals surface area contributed by atoms with Crippen molar-refractivity contribution in [2.24, 2.45) is 0 Å². The zero-order valence-corrected chi connectivity index (χ0v) is 12.8. The summed E-state index contributed by atoms with van der Waals surface area (Å²) in [6, 6.07) is 10.1. The van der Waals surface area contributed by atoms with Crippen LogP contribution in [0.3, 0.4) is 0 Å².